The van der Waals surface area contributed by atoms with Crippen molar-refractivity contribution in [1.82, 2.24) is 4.98 Å². The van der Waals surface area contributed by atoms with E-state index in [2.05, 4.69) is 50.5 Å². The fourth-order valence-corrected chi connectivity index (χ4v) is 5.30. The Kier molecular flexibility index (Phi) is 6.89. The Bertz CT molecular complexity index is 1270. The predicted molar refractivity (Wildman–Crippen MR) is 145 cm³/mol. The van der Waals surface area contributed by atoms with Gasteiger partial charge in [-0.25, -0.2) is 0 Å². The number of rotatable bonds is 5. The molecular formula is C29H26BrClN2O. The Morgan fingerprint density at radius 3 is 2.21 bits per heavy atom. The standard InChI is InChI=1S/C29H26BrClN2O/c30-22-13-11-21(12-14-22)27-25(19-7-3-1-4-8-19)26(28(33-27)20-9-5-2-6-10-20)29(34)32-24-17-15-23(31)16-18-24/h1,3-4,7-8,11-18,20,33H,2,5-6,9-10H2,(H,32,34). The van der Waals surface area contributed by atoms with Crippen LogP contribution in [0.1, 0.15) is 54.1 Å². The van der Waals surface area contributed by atoms with Gasteiger partial charge in [-0.05, 0) is 66.3 Å². The number of hydrogen-bond donors (Lipinski definition) is 2. The molecule has 0 bridgehead atoms. The van der Waals surface area contributed by atoms with E-state index in [1.165, 1.54) is 19.3 Å². The maximum atomic E-state index is 13.9. The first-order valence-corrected chi connectivity index (χ1v) is 12.9. The zero-order valence-corrected chi connectivity index (χ0v) is 21.1. The monoisotopic (exact) mass is 532 g/mol. The molecule has 0 atom stereocenters. The molecule has 3 nitrogen and oxygen atoms in total. The smallest absolute Gasteiger partial charge is 0.258 e. The topological polar surface area (TPSA) is 44.9 Å². The van der Waals surface area contributed by atoms with Crippen molar-refractivity contribution in [3.8, 4) is 22.4 Å². The second-order valence-corrected chi connectivity index (χ2v) is 10.2. The largest absolute Gasteiger partial charge is 0.357 e. The number of aromatic amines is 1. The first-order valence-electron chi connectivity index (χ1n) is 11.7. The molecule has 1 heterocycles. The van der Waals surface area contributed by atoms with Crippen molar-refractivity contribution in [2.45, 2.75) is 38.0 Å². The molecule has 0 radical (unpaired) electrons. The maximum absolute atomic E-state index is 13.9. The van der Waals surface area contributed by atoms with Gasteiger partial charge in [-0.2, -0.15) is 0 Å². The van der Waals surface area contributed by atoms with Crippen molar-refractivity contribution in [3.63, 3.8) is 0 Å². The number of benzene rings is 3. The second-order valence-electron chi connectivity index (χ2n) is 8.83. The number of nitrogens with one attached hydrogen (secondary N) is 2. The first-order chi connectivity index (χ1) is 16.6. The van der Waals surface area contributed by atoms with E-state index >= 15 is 0 Å². The average molecular weight is 534 g/mol. The Labute approximate surface area is 213 Å². The molecular weight excluding hydrogens is 508 g/mol. The summed E-state index contributed by atoms with van der Waals surface area (Å²) in [6.45, 7) is 0. The number of anilines is 1. The molecule has 2 N–H and O–H groups in total. The molecule has 172 valence electrons. The quantitative estimate of drug-likeness (QED) is 0.264. The van der Waals surface area contributed by atoms with E-state index in [1.54, 1.807) is 12.1 Å². The zero-order valence-electron chi connectivity index (χ0n) is 18.8. The van der Waals surface area contributed by atoms with Gasteiger partial charge in [-0.1, -0.05) is 89.3 Å². The van der Waals surface area contributed by atoms with Gasteiger partial charge in [-0.15, -0.1) is 0 Å². The Morgan fingerprint density at radius 2 is 1.53 bits per heavy atom. The fourth-order valence-electron chi connectivity index (χ4n) is 4.91. The number of halogens is 2. The molecule has 0 spiro atoms. The molecule has 4 aromatic rings. The summed E-state index contributed by atoms with van der Waals surface area (Å²) in [6, 6.07) is 25.7. The molecule has 0 saturated heterocycles. The number of aromatic nitrogens is 1. The van der Waals surface area contributed by atoms with Gasteiger partial charge in [0.15, 0.2) is 0 Å². The molecule has 34 heavy (non-hydrogen) atoms. The van der Waals surface area contributed by atoms with E-state index in [1.807, 2.05) is 42.5 Å². The van der Waals surface area contributed by atoms with Crippen molar-refractivity contribution in [2.75, 3.05) is 5.32 Å². The molecule has 1 aliphatic rings. The van der Waals surface area contributed by atoms with Crippen molar-refractivity contribution >= 4 is 39.1 Å². The lowest BCUT2D eigenvalue weighted by atomic mass is 9.84. The van der Waals surface area contributed by atoms with E-state index in [0.29, 0.717) is 10.9 Å². The molecule has 1 saturated carbocycles. The van der Waals surface area contributed by atoms with Crippen LogP contribution in [-0.2, 0) is 0 Å². The molecule has 1 amide bonds. The van der Waals surface area contributed by atoms with Crippen LogP contribution in [-0.4, -0.2) is 10.9 Å². The summed E-state index contributed by atoms with van der Waals surface area (Å²) in [5.41, 5.74) is 6.54. The van der Waals surface area contributed by atoms with Crippen LogP contribution in [0, 0.1) is 0 Å². The van der Waals surface area contributed by atoms with E-state index < -0.39 is 0 Å². The van der Waals surface area contributed by atoms with Gasteiger partial charge in [0.1, 0.15) is 0 Å². The van der Waals surface area contributed by atoms with Gasteiger partial charge in [0.2, 0.25) is 0 Å². The van der Waals surface area contributed by atoms with Gasteiger partial charge >= 0.3 is 0 Å². The number of hydrogen-bond acceptors (Lipinski definition) is 1. The van der Waals surface area contributed by atoms with Crippen LogP contribution in [0.5, 0.6) is 0 Å². The molecule has 3 aromatic carbocycles. The van der Waals surface area contributed by atoms with E-state index in [-0.39, 0.29) is 5.91 Å². The Morgan fingerprint density at radius 1 is 0.853 bits per heavy atom. The summed E-state index contributed by atoms with van der Waals surface area (Å²) < 4.78 is 1.03. The molecule has 1 fully saturated rings. The summed E-state index contributed by atoms with van der Waals surface area (Å²) in [4.78, 5) is 17.6. The Hall–Kier alpha value is -2.82. The zero-order chi connectivity index (χ0) is 23.5. The highest BCUT2D eigenvalue weighted by molar-refractivity contribution is 9.10. The number of H-pyrrole nitrogens is 1. The SMILES string of the molecule is O=C(Nc1ccc(Cl)cc1)c1c(C2CCCCC2)[nH]c(-c2ccc(Br)cc2)c1-c1ccccc1. The van der Waals surface area contributed by atoms with Crippen LogP contribution >= 0.6 is 27.5 Å². The van der Waals surface area contributed by atoms with Gasteiger partial charge in [0.25, 0.3) is 5.91 Å². The van der Waals surface area contributed by atoms with Gasteiger partial charge in [0, 0.05) is 26.4 Å². The number of amides is 1. The summed E-state index contributed by atoms with van der Waals surface area (Å²) >= 11 is 9.60. The van der Waals surface area contributed by atoms with Crippen LogP contribution in [0.2, 0.25) is 5.02 Å². The van der Waals surface area contributed by atoms with Crippen LogP contribution in [0.25, 0.3) is 22.4 Å². The molecule has 1 aromatic heterocycles. The minimum absolute atomic E-state index is 0.0960. The lowest BCUT2D eigenvalue weighted by Crippen LogP contribution is -2.17. The van der Waals surface area contributed by atoms with Gasteiger partial charge in [0.05, 0.1) is 11.3 Å². The summed E-state index contributed by atoms with van der Waals surface area (Å²) in [7, 11) is 0. The van der Waals surface area contributed by atoms with E-state index in [9.17, 15) is 4.79 Å². The minimum Gasteiger partial charge on any atom is -0.357 e. The van der Waals surface area contributed by atoms with Crippen LogP contribution in [0.3, 0.4) is 0 Å². The Balaban J connectivity index is 1.69. The number of carbonyl (C=O) groups is 1. The number of carbonyl (C=O) groups excluding carboxylic acids is 1. The van der Waals surface area contributed by atoms with Crippen molar-refractivity contribution in [3.05, 3.63) is 99.6 Å². The molecule has 1 aliphatic carbocycles. The van der Waals surface area contributed by atoms with E-state index in [4.69, 9.17) is 11.6 Å². The third kappa shape index (κ3) is 4.84. The first kappa shape index (κ1) is 22.9. The highest BCUT2D eigenvalue weighted by Crippen LogP contribution is 2.43. The third-order valence-electron chi connectivity index (χ3n) is 6.57. The fraction of sp³-hybridized carbons (Fsp3) is 0.207. The summed E-state index contributed by atoms with van der Waals surface area (Å²) in [6.07, 6.45) is 5.83. The van der Waals surface area contributed by atoms with E-state index in [0.717, 1.165) is 56.6 Å². The van der Waals surface area contributed by atoms with Gasteiger partial charge < -0.3 is 10.3 Å². The highest BCUT2D eigenvalue weighted by atomic mass is 79.9. The van der Waals surface area contributed by atoms with Crippen molar-refractivity contribution in [1.29, 1.82) is 0 Å². The van der Waals surface area contributed by atoms with Crippen LogP contribution < -0.4 is 5.32 Å². The summed E-state index contributed by atoms with van der Waals surface area (Å²) in [5.74, 6) is 0.243. The van der Waals surface area contributed by atoms with Crippen LogP contribution in [0.15, 0.2) is 83.3 Å². The highest BCUT2D eigenvalue weighted by Gasteiger charge is 2.30. The lowest BCUT2D eigenvalue weighted by molar-refractivity contribution is 0.102. The molecule has 5 heteroatoms. The van der Waals surface area contributed by atoms with Crippen LogP contribution in [0.4, 0.5) is 5.69 Å². The molecule has 0 aliphatic heterocycles. The maximum Gasteiger partial charge on any atom is 0.258 e. The lowest BCUT2D eigenvalue weighted by Gasteiger charge is -2.22. The average Bonchev–Trinajstić information content (AvgIpc) is 3.28. The molecule has 5 rings (SSSR count). The second kappa shape index (κ2) is 10.2. The third-order valence-corrected chi connectivity index (χ3v) is 7.35. The van der Waals surface area contributed by atoms with Gasteiger partial charge in [-0.3, -0.25) is 4.79 Å². The normalized spacial score (nSPS) is 14.2. The predicted octanol–water partition coefficient (Wildman–Crippen LogP) is 9.06. The summed E-state index contributed by atoms with van der Waals surface area (Å²) in [5, 5.41) is 3.77. The minimum atomic E-state index is -0.0960. The molecule has 0 unspecified atom stereocenters. The van der Waals surface area contributed by atoms with Crippen molar-refractivity contribution < 1.29 is 4.79 Å². The van der Waals surface area contributed by atoms with Crippen molar-refractivity contribution in [2.24, 2.45) is 0 Å².